The molecular formula is C22H39NO2. The van der Waals surface area contributed by atoms with Gasteiger partial charge in [-0.2, -0.15) is 0 Å². The van der Waals surface area contributed by atoms with E-state index in [4.69, 9.17) is 5.11 Å². The van der Waals surface area contributed by atoms with Crippen LogP contribution in [0.25, 0.3) is 0 Å². The number of unbranched alkanes of at least 4 members (excludes halogenated alkanes) is 12. The number of carboxylic acids is 1. The summed E-state index contributed by atoms with van der Waals surface area (Å²) in [4.78, 5) is 14.2. The van der Waals surface area contributed by atoms with Gasteiger partial charge >= 0.3 is 5.97 Å². The minimum atomic E-state index is -0.700. The lowest BCUT2D eigenvalue weighted by atomic mass is 9.94. The number of rotatable bonds is 17. The molecule has 3 nitrogen and oxygen atoms in total. The number of hydrogen-bond donors (Lipinski definition) is 2. The Hall–Kier alpha value is -1.25. The predicted molar refractivity (Wildman–Crippen MR) is 106 cm³/mol. The number of carboxylic acid groups (broad SMARTS) is 1. The monoisotopic (exact) mass is 349 g/mol. The van der Waals surface area contributed by atoms with Crippen LogP contribution in [0.1, 0.15) is 115 Å². The van der Waals surface area contributed by atoms with Crippen LogP contribution in [-0.2, 0) is 4.79 Å². The van der Waals surface area contributed by atoms with Crippen LogP contribution in [0.3, 0.4) is 0 Å². The van der Waals surface area contributed by atoms with Crippen molar-refractivity contribution in [1.82, 2.24) is 4.98 Å². The summed E-state index contributed by atoms with van der Waals surface area (Å²) in [5.74, 6) is -0.561. The molecule has 1 aromatic heterocycles. The maximum Gasteiger partial charge on any atom is 0.304 e. The van der Waals surface area contributed by atoms with Gasteiger partial charge in [0, 0.05) is 17.8 Å². The van der Waals surface area contributed by atoms with Crippen LogP contribution in [0.5, 0.6) is 0 Å². The minimum absolute atomic E-state index is 0.139. The van der Waals surface area contributed by atoms with E-state index < -0.39 is 5.97 Å². The second-order valence-electron chi connectivity index (χ2n) is 7.45. The molecule has 0 spiro atoms. The maximum absolute atomic E-state index is 11.0. The Kier molecular flexibility index (Phi) is 13.1. The lowest BCUT2D eigenvalue weighted by Crippen LogP contribution is -2.07. The molecule has 25 heavy (non-hydrogen) atoms. The van der Waals surface area contributed by atoms with E-state index in [-0.39, 0.29) is 12.3 Å². The molecule has 0 saturated heterocycles. The van der Waals surface area contributed by atoms with Crippen molar-refractivity contribution < 1.29 is 9.90 Å². The Morgan fingerprint density at radius 3 is 1.88 bits per heavy atom. The smallest absolute Gasteiger partial charge is 0.304 e. The van der Waals surface area contributed by atoms with Gasteiger partial charge in [0.15, 0.2) is 0 Å². The van der Waals surface area contributed by atoms with Crippen LogP contribution in [0.4, 0.5) is 0 Å². The summed E-state index contributed by atoms with van der Waals surface area (Å²) in [7, 11) is 0. The predicted octanol–water partition coefficient (Wildman–Crippen LogP) is 7.05. The molecule has 1 rings (SSSR count). The van der Waals surface area contributed by atoms with E-state index in [9.17, 15) is 4.79 Å². The van der Waals surface area contributed by atoms with Crippen LogP contribution >= 0.6 is 0 Å². The first-order valence-electron chi connectivity index (χ1n) is 10.6. The molecule has 1 unspecified atom stereocenters. The van der Waals surface area contributed by atoms with E-state index in [1.807, 2.05) is 18.3 Å². The number of aromatic nitrogens is 1. The van der Waals surface area contributed by atoms with E-state index in [1.165, 1.54) is 77.0 Å². The van der Waals surface area contributed by atoms with Crippen molar-refractivity contribution in [2.24, 2.45) is 0 Å². The number of aromatic amines is 1. The van der Waals surface area contributed by atoms with Crippen molar-refractivity contribution >= 4 is 5.97 Å². The van der Waals surface area contributed by atoms with Crippen LogP contribution in [0.15, 0.2) is 18.3 Å². The molecule has 1 heterocycles. The highest BCUT2D eigenvalue weighted by Crippen LogP contribution is 2.25. The lowest BCUT2D eigenvalue weighted by Gasteiger charge is -2.13. The highest BCUT2D eigenvalue weighted by molar-refractivity contribution is 5.67. The number of aliphatic carboxylic acids is 1. The van der Waals surface area contributed by atoms with Crippen molar-refractivity contribution in [3.8, 4) is 0 Å². The highest BCUT2D eigenvalue weighted by atomic mass is 16.4. The van der Waals surface area contributed by atoms with Crippen molar-refractivity contribution in [2.45, 2.75) is 109 Å². The van der Waals surface area contributed by atoms with Crippen molar-refractivity contribution in [1.29, 1.82) is 0 Å². The van der Waals surface area contributed by atoms with Gasteiger partial charge in [-0.25, -0.2) is 0 Å². The molecule has 0 radical (unpaired) electrons. The van der Waals surface area contributed by atoms with Gasteiger partial charge in [-0.15, -0.1) is 0 Å². The zero-order chi connectivity index (χ0) is 18.2. The minimum Gasteiger partial charge on any atom is -0.481 e. The third kappa shape index (κ3) is 11.9. The SMILES string of the molecule is CCCCCCCCCCCCCCCC(CC(=O)O)c1ccc[nH]1. The molecule has 0 aliphatic rings. The Bertz CT molecular complexity index is 414. The second-order valence-corrected chi connectivity index (χ2v) is 7.45. The number of carbonyl (C=O) groups is 1. The van der Waals surface area contributed by atoms with Gasteiger partial charge in [-0.05, 0) is 18.6 Å². The molecule has 1 aromatic rings. The topological polar surface area (TPSA) is 53.1 Å². The van der Waals surface area contributed by atoms with E-state index in [0.717, 1.165) is 18.5 Å². The summed E-state index contributed by atoms with van der Waals surface area (Å²) >= 11 is 0. The number of hydrogen-bond acceptors (Lipinski definition) is 1. The number of H-pyrrole nitrogens is 1. The zero-order valence-corrected chi connectivity index (χ0v) is 16.3. The van der Waals surface area contributed by atoms with Crippen LogP contribution in [-0.4, -0.2) is 16.1 Å². The van der Waals surface area contributed by atoms with Crippen molar-refractivity contribution in [3.63, 3.8) is 0 Å². The van der Waals surface area contributed by atoms with Gasteiger partial charge < -0.3 is 10.1 Å². The Morgan fingerprint density at radius 1 is 0.920 bits per heavy atom. The molecule has 0 fully saturated rings. The van der Waals surface area contributed by atoms with Gasteiger partial charge in [-0.1, -0.05) is 90.4 Å². The summed E-state index contributed by atoms with van der Waals surface area (Å²) in [5, 5.41) is 9.07. The quantitative estimate of drug-likeness (QED) is 0.296. The molecule has 0 amide bonds. The van der Waals surface area contributed by atoms with Crippen molar-refractivity contribution in [3.05, 3.63) is 24.0 Å². The molecule has 144 valence electrons. The fourth-order valence-electron chi connectivity index (χ4n) is 3.58. The van der Waals surface area contributed by atoms with Gasteiger partial charge in [-0.3, -0.25) is 4.79 Å². The van der Waals surface area contributed by atoms with Gasteiger partial charge in [0.1, 0.15) is 0 Å². The fourth-order valence-corrected chi connectivity index (χ4v) is 3.58. The first kappa shape index (κ1) is 21.8. The molecule has 0 aromatic carbocycles. The average Bonchev–Trinajstić information content (AvgIpc) is 3.12. The van der Waals surface area contributed by atoms with Crippen LogP contribution < -0.4 is 0 Å². The molecule has 0 bridgehead atoms. The van der Waals surface area contributed by atoms with E-state index >= 15 is 0 Å². The first-order chi connectivity index (χ1) is 12.2. The van der Waals surface area contributed by atoms with E-state index in [0.29, 0.717) is 0 Å². The third-order valence-electron chi connectivity index (χ3n) is 5.14. The number of nitrogens with one attached hydrogen (secondary N) is 1. The van der Waals surface area contributed by atoms with Crippen LogP contribution in [0.2, 0.25) is 0 Å². The fraction of sp³-hybridized carbons (Fsp3) is 0.773. The molecular weight excluding hydrogens is 310 g/mol. The van der Waals surface area contributed by atoms with Gasteiger partial charge in [0.05, 0.1) is 6.42 Å². The highest BCUT2D eigenvalue weighted by Gasteiger charge is 2.15. The Morgan fingerprint density at radius 2 is 1.44 bits per heavy atom. The van der Waals surface area contributed by atoms with Gasteiger partial charge in [0.2, 0.25) is 0 Å². The molecule has 0 aliphatic heterocycles. The molecule has 3 heteroatoms. The Balaban J connectivity index is 1.94. The zero-order valence-electron chi connectivity index (χ0n) is 16.3. The molecule has 0 aliphatic carbocycles. The third-order valence-corrected chi connectivity index (χ3v) is 5.14. The summed E-state index contributed by atoms with van der Waals surface area (Å²) in [6, 6.07) is 3.96. The summed E-state index contributed by atoms with van der Waals surface area (Å²) in [5.41, 5.74) is 1.07. The van der Waals surface area contributed by atoms with Gasteiger partial charge in [0.25, 0.3) is 0 Å². The average molecular weight is 350 g/mol. The summed E-state index contributed by atoms with van der Waals surface area (Å²) < 4.78 is 0. The Labute approximate surface area is 154 Å². The standard InChI is InChI=1S/C22H39NO2/c1-2-3-4-5-6-7-8-9-10-11-12-13-14-16-20(19-22(24)25)21-17-15-18-23-21/h15,17-18,20,23H,2-14,16,19H2,1H3,(H,24,25). The molecule has 2 N–H and O–H groups in total. The normalized spacial score (nSPS) is 12.4. The lowest BCUT2D eigenvalue weighted by molar-refractivity contribution is -0.137. The summed E-state index contributed by atoms with van der Waals surface area (Å²) in [6.45, 7) is 2.27. The molecule has 0 saturated carbocycles. The van der Waals surface area contributed by atoms with E-state index in [1.54, 1.807) is 0 Å². The van der Waals surface area contributed by atoms with Crippen molar-refractivity contribution in [2.75, 3.05) is 0 Å². The van der Waals surface area contributed by atoms with E-state index in [2.05, 4.69) is 11.9 Å². The maximum atomic E-state index is 11.0. The second kappa shape index (κ2) is 15.0. The van der Waals surface area contributed by atoms with Crippen LogP contribution in [0, 0.1) is 0 Å². The summed E-state index contributed by atoms with van der Waals surface area (Å²) in [6.07, 6.45) is 20.7. The molecule has 1 atom stereocenters. The first-order valence-corrected chi connectivity index (χ1v) is 10.6. The largest absolute Gasteiger partial charge is 0.481 e.